The standard InChI is InChI=1S/C19H17NO2S/c1-14-8-10-15(11-9-14)18(19(21)22)23-17-7-3-2-6-16(17)20-12-4-5-13-20/h2-13,18H,1H3,(H,21,22). The Kier molecular flexibility index (Phi) is 4.53. The van der Waals surface area contributed by atoms with Crippen LogP contribution in [0.5, 0.6) is 0 Å². The maximum atomic E-state index is 11.8. The van der Waals surface area contributed by atoms with Gasteiger partial charge in [0.25, 0.3) is 0 Å². The van der Waals surface area contributed by atoms with E-state index in [9.17, 15) is 9.90 Å². The Labute approximate surface area is 139 Å². The molecule has 0 saturated carbocycles. The van der Waals surface area contributed by atoms with E-state index in [0.717, 1.165) is 21.7 Å². The molecule has 0 saturated heterocycles. The molecule has 1 aromatic heterocycles. The number of benzene rings is 2. The highest BCUT2D eigenvalue weighted by Gasteiger charge is 2.22. The number of aliphatic carboxylic acids is 1. The van der Waals surface area contributed by atoms with Gasteiger partial charge in [0.05, 0.1) is 5.69 Å². The molecule has 1 unspecified atom stereocenters. The second-order valence-electron chi connectivity index (χ2n) is 5.30. The molecule has 0 radical (unpaired) electrons. The molecule has 4 heteroatoms. The van der Waals surface area contributed by atoms with Crippen molar-refractivity contribution in [1.29, 1.82) is 0 Å². The van der Waals surface area contributed by atoms with Crippen LogP contribution < -0.4 is 0 Å². The summed E-state index contributed by atoms with van der Waals surface area (Å²) in [4.78, 5) is 12.7. The Morgan fingerprint density at radius 2 is 1.65 bits per heavy atom. The predicted molar refractivity (Wildman–Crippen MR) is 93.2 cm³/mol. The van der Waals surface area contributed by atoms with E-state index in [4.69, 9.17) is 0 Å². The minimum absolute atomic E-state index is 0.632. The Morgan fingerprint density at radius 3 is 2.30 bits per heavy atom. The summed E-state index contributed by atoms with van der Waals surface area (Å²) in [6.07, 6.45) is 3.92. The maximum Gasteiger partial charge on any atom is 0.321 e. The lowest BCUT2D eigenvalue weighted by Gasteiger charge is -2.16. The zero-order valence-corrected chi connectivity index (χ0v) is 13.5. The summed E-state index contributed by atoms with van der Waals surface area (Å²) in [6, 6.07) is 19.4. The molecule has 116 valence electrons. The van der Waals surface area contributed by atoms with Crippen LogP contribution in [0.1, 0.15) is 16.4 Å². The molecule has 0 aliphatic rings. The van der Waals surface area contributed by atoms with Crippen molar-refractivity contribution < 1.29 is 9.90 Å². The molecule has 0 fully saturated rings. The van der Waals surface area contributed by atoms with E-state index in [1.54, 1.807) is 0 Å². The van der Waals surface area contributed by atoms with Gasteiger partial charge in [-0.1, -0.05) is 42.0 Å². The van der Waals surface area contributed by atoms with Crippen LogP contribution in [0.2, 0.25) is 0 Å². The van der Waals surface area contributed by atoms with Gasteiger partial charge >= 0.3 is 5.97 Å². The van der Waals surface area contributed by atoms with Crippen LogP contribution in [-0.4, -0.2) is 15.6 Å². The number of carbonyl (C=O) groups is 1. The monoisotopic (exact) mass is 323 g/mol. The normalized spacial score (nSPS) is 12.0. The van der Waals surface area contributed by atoms with Crippen molar-refractivity contribution in [2.24, 2.45) is 0 Å². The van der Waals surface area contributed by atoms with Gasteiger partial charge < -0.3 is 9.67 Å². The van der Waals surface area contributed by atoms with Crippen molar-refractivity contribution in [1.82, 2.24) is 4.57 Å². The molecule has 0 aliphatic carbocycles. The Balaban J connectivity index is 1.96. The van der Waals surface area contributed by atoms with Crippen LogP contribution in [0.4, 0.5) is 0 Å². The summed E-state index contributed by atoms with van der Waals surface area (Å²) in [5.41, 5.74) is 2.91. The fourth-order valence-electron chi connectivity index (χ4n) is 2.39. The van der Waals surface area contributed by atoms with E-state index in [1.165, 1.54) is 11.8 Å². The summed E-state index contributed by atoms with van der Waals surface area (Å²) >= 11 is 1.36. The van der Waals surface area contributed by atoms with E-state index < -0.39 is 11.2 Å². The van der Waals surface area contributed by atoms with Gasteiger partial charge in [0.2, 0.25) is 0 Å². The molecular weight excluding hydrogens is 306 g/mol. The number of para-hydroxylation sites is 1. The zero-order chi connectivity index (χ0) is 16.2. The molecule has 0 spiro atoms. The Hall–Kier alpha value is -2.46. The molecule has 3 nitrogen and oxygen atoms in total. The molecule has 0 bridgehead atoms. The van der Waals surface area contributed by atoms with Crippen LogP contribution in [0.15, 0.2) is 78.0 Å². The van der Waals surface area contributed by atoms with Crippen molar-refractivity contribution in [3.63, 3.8) is 0 Å². The molecule has 0 aliphatic heterocycles. The molecule has 1 atom stereocenters. The third-order valence-corrected chi connectivity index (χ3v) is 4.91. The number of thioether (sulfide) groups is 1. The van der Waals surface area contributed by atoms with Gasteiger partial charge in [0.1, 0.15) is 5.25 Å². The van der Waals surface area contributed by atoms with Crippen LogP contribution in [0, 0.1) is 6.92 Å². The molecule has 3 aromatic rings. The van der Waals surface area contributed by atoms with E-state index in [-0.39, 0.29) is 0 Å². The SMILES string of the molecule is Cc1ccc(C(Sc2ccccc2-n2cccc2)C(=O)O)cc1. The van der Waals surface area contributed by atoms with Crippen molar-refractivity contribution >= 4 is 17.7 Å². The molecule has 3 rings (SSSR count). The van der Waals surface area contributed by atoms with Crippen molar-refractivity contribution in [3.8, 4) is 5.69 Å². The number of hydrogen-bond acceptors (Lipinski definition) is 2. The minimum atomic E-state index is -0.832. The van der Waals surface area contributed by atoms with Crippen molar-refractivity contribution in [3.05, 3.63) is 84.2 Å². The van der Waals surface area contributed by atoms with Crippen LogP contribution in [0.25, 0.3) is 5.69 Å². The fourth-order valence-corrected chi connectivity index (χ4v) is 3.49. The average molecular weight is 323 g/mol. The van der Waals surface area contributed by atoms with E-state index in [2.05, 4.69) is 0 Å². The number of rotatable bonds is 5. The van der Waals surface area contributed by atoms with E-state index in [0.29, 0.717) is 0 Å². The maximum absolute atomic E-state index is 11.8. The van der Waals surface area contributed by atoms with Gasteiger partial charge in [-0.3, -0.25) is 4.79 Å². The second kappa shape index (κ2) is 6.75. The smallest absolute Gasteiger partial charge is 0.321 e. The summed E-state index contributed by atoms with van der Waals surface area (Å²) in [5, 5.41) is 9.02. The number of aromatic nitrogens is 1. The predicted octanol–water partition coefficient (Wildman–Crippen LogP) is 4.70. The Bertz CT molecular complexity index is 795. The summed E-state index contributed by atoms with van der Waals surface area (Å²) < 4.78 is 2.00. The van der Waals surface area contributed by atoms with Crippen LogP contribution in [-0.2, 0) is 4.79 Å². The summed E-state index contributed by atoms with van der Waals surface area (Å²) in [7, 11) is 0. The topological polar surface area (TPSA) is 42.2 Å². The molecule has 1 heterocycles. The summed E-state index contributed by atoms with van der Waals surface area (Å²) in [5.74, 6) is -0.832. The molecule has 23 heavy (non-hydrogen) atoms. The average Bonchev–Trinajstić information content (AvgIpc) is 3.08. The lowest BCUT2D eigenvalue weighted by molar-refractivity contribution is -0.136. The largest absolute Gasteiger partial charge is 0.480 e. The number of carboxylic acids is 1. The second-order valence-corrected chi connectivity index (χ2v) is 6.45. The van der Waals surface area contributed by atoms with E-state index in [1.807, 2.05) is 84.5 Å². The lowest BCUT2D eigenvalue weighted by Crippen LogP contribution is -2.08. The highest BCUT2D eigenvalue weighted by Crippen LogP contribution is 2.38. The number of nitrogens with zero attached hydrogens (tertiary/aromatic N) is 1. The minimum Gasteiger partial charge on any atom is -0.480 e. The van der Waals surface area contributed by atoms with Crippen molar-refractivity contribution in [2.45, 2.75) is 17.1 Å². The third-order valence-electron chi connectivity index (χ3n) is 3.60. The highest BCUT2D eigenvalue weighted by molar-refractivity contribution is 8.00. The molecule has 1 N–H and O–H groups in total. The van der Waals surface area contributed by atoms with Gasteiger partial charge in [-0.2, -0.15) is 0 Å². The quantitative estimate of drug-likeness (QED) is 0.692. The molecule has 0 amide bonds. The van der Waals surface area contributed by atoms with Gasteiger partial charge in [-0.25, -0.2) is 0 Å². The number of hydrogen-bond donors (Lipinski definition) is 1. The number of carboxylic acid groups (broad SMARTS) is 1. The van der Waals surface area contributed by atoms with Gasteiger partial charge in [0.15, 0.2) is 0 Å². The first-order chi connectivity index (χ1) is 11.1. The first-order valence-electron chi connectivity index (χ1n) is 7.33. The molecule has 2 aromatic carbocycles. The van der Waals surface area contributed by atoms with Crippen LogP contribution in [0.3, 0.4) is 0 Å². The Morgan fingerprint density at radius 1 is 1.00 bits per heavy atom. The first-order valence-corrected chi connectivity index (χ1v) is 8.21. The molecular formula is C19H17NO2S. The van der Waals surface area contributed by atoms with Crippen molar-refractivity contribution in [2.75, 3.05) is 0 Å². The van der Waals surface area contributed by atoms with E-state index >= 15 is 0 Å². The highest BCUT2D eigenvalue weighted by atomic mass is 32.2. The van der Waals surface area contributed by atoms with Gasteiger partial charge in [-0.15, -0.1) is 11.8 Å². The fraction of sp³-hybridized carbons (Fsp3) is 0.105. The van der Waals surface area contributed by atoms with Gasteiger partial charge in [-0.05, 0) is 36.8 Å². The number of aryl methyl sites for hydroxylation is 1. The van der Waals surface area contributed by atoms with Crippen LogP contribution >= 0.6 is 11.8 Å². The first kappa shape index (κ1) is 15.4. The third kappa shape index (κ3) is 3.48. The van der Waals surface area contributed by atoms with Gasteiger partial charge in [0, 0.05) is 17.3 Å². The summed E-state index contributed by atoms with van der Waals surface area (Å²) in [6.45, 7) is 1.99. The zero-order valence-electron chi connectivity index (χ0n) is 12.7. The lowest BCUT2D eigenvalue weighted by atomic mass is 10.1.